The molecule has 0 bridgehead atoms. The van der Waals surface area contributed by atoms with Crippen molar-refractivity contribution in [2.45, 2.75) is 26.9 Å². The minimum atomic E-state index is 0.148. The van der Waals surface area contributed by atoms with Gasteiger partial charge in [0.05, 0.1) is 17.7 Å². The van der Waals surface area contributed by atoms with E-state index in [1.807, 2.05) is 61.2 Å². The standard InChI is InChI=1S/C24H26ClN3O3/c1-17-23(18(2)31-26-17)16-30-22-8-6-19(7-9-22)14-24(29)28-12-10-27(11-13-28)21-5-3-4-20(25)15-21/h3-9,15H,10-14,16H2,1-2H3. The first-order chi connectivity index (χ1) is 15.0. The van der Waals surface area contributed by atoms with Crippen molar-refractivity contribution in [1.29, 1.82) is 0 Å². The molecule has 1 saturated heterocycles. The van der Waals surface area contributed by atoms with Crippen molar-refractivity contribution in [2.75, 3.05) is 31.1 Å². The summed E-state index contributed by atoms with van der Waals surface area (Å²) in [5, 5.41) is 4.67. The number of benzene rings is 2. The van der Waals surface area contributed by atoms with Crippen molar-refractivity contribution in [3.8, 4) is 5.75 Å². The van der Waals surface area contributed by atoms with Crippen LogP contribution < -0.4 is 9.64 Å². The summed E-state index contributed by atoms with van der Waals surface area (Å²) in [6.45, 7) is 7.23. The van der Waals surface area contributed by atoms with Crippen molar-refractivity contribution in [3.05, 3.63) is 76.1 Å². The van der Waals surface area contributed by atoms with Gasteiger partial charge in [0.25, 0.3) is 0 Å². The average Bonchev–Trinajstić information content (AvgIpc) is 3.10. The molecule has 0 N–H and O–H groups in total. The van der Waals surface area contributed by atoms with E-state index in [9.17, 15) is 4.79 Å². The van der Waals surface area contributed by atoms with E-state index in [-0.39, 0.29) is 5.91 Å². The highest BCUT2D eigenvalue weighted by atomic mass is 35.5. The number of aromatic nitrogens is 1. The maximum absolute atomic E-state index is 12.7. The quantitative estimate of drug-likeness (QED) is 0.569. The highest BCUT2D eigenvalue weighted by molar-refractivity contribution is 6.30. The number of aryl methyl sites for hydroxylation is 2. The topological polar surface area (TPSA) is 58.8 Å². The average molecular weight is 440 g/mol. The minimum Gasteiger partial charge on any atom is -0.489 e. The van der Waals surface area contributed by atoms with E-state index in [2.05, 4.69) is 16.1 Å². The van der Waals surface area contributed by atoms with Gasteiger partial charge in [0.1, 0.15) is 18.1 Å². The lowest BCUT2D eigenvalue weighted by molar-refractivity contribution is -0.130. The molecule has 0 radical (unpaired) electrons. The molecular formula is C24H26ClN3O3. The largest absolute Gasteiger partial charge is 0.489 e. The molecule has 162 valence electrons. The summed E-state index contributed by atoms with van der Waals surface area (Å²) < 4.78 is 11.0. The molecule has 4 rings (SSSR count). The van der Waals surface area contributed by atoms with Gasteiger partial charge in [-0.1, -0.05) is 35.0 Å². The van der Waals surface area contributed by atoms with Crippen molar-refractivity contribution in [1.82, 2.24) is 10.1 Å². The van der Waals surface area contributed by atoms with E-state index in [0.29, 0.717) is 26.1 Å². The third kappa shape index (κ3) is 5.20. The van der Waals surface area contributed by atoms with Gasteiger partial charge in [-0.3, -0.25) is 4.79 Å². The van der Waals surface area contributed by atoms with Gasteiger partial charge < -0.3 is 19.1 Å². The van der Waals surface area contributed by atoms with E-state index < -0.39 is 0 Å². The summed E-state index contributed by atoms with van der Waals surface area (Å²) in [4.78, 5) is 16.9. The van der Waals surface area contributed by atoms with Crippen molar-refractivity contribution in [3.63, 3.8) is 0 Å². The SMILES string of the molecule is Cc1noc(C)c1COc1ccc(CC(=O)N2CCN(c3cccc(Cl)c3)CC2)cc1. The summed E-state index contributed by atoms with van der Waals surface area (Å²) in [5.74, 6) is 1.68. The Morgan fingerprint density at radius 3 is 2.48 bits per heavy atom. The van der Waals surface area contributed by atoms with Crippen molar-refractivity contribution in [2.24, 2.45) is 0 Å². The fourth-order valence-electron chi connectivity index (χ4n) is 3.74. The zero-order chi connectivity index (χ0) is 21.8. The first-order valence-corrected chi connectivity index (χ1v) is 10.8. The molecule has 0 saturated carbocycles. The van der Waals surface area contributed by atoms with Crippen LogP contribution in [0.2, 0.25) is 5.02 Å². The van der Waals surface area contributed by atoms with Gasteiger partial charge in [-0.2, -0.15) is 0 Å². The van der Waals surface area contributed by atoms with E-state index in [1.54, 1.807) is 0 Å². The molecule has 3 aromatic rings. The first-order valence-electron chi connectivity index (χ1n) is 10.4. The number of nitrogens with zero attached hydrogens (tertiary/aromatic N) is 3. The molecule has 31 heavy (non-hydrogen) atoms. The monoisotopic (exact) mass is 439 g/mol. The third-order valence-corrected chi connectivity index (χ3v) is 5.88. The highest BCUT2D eigenvalue weighted by Gasteiger charge is 2.21. The predicted molar refractivity (Wildman–Crippen MR) is 121 cm³/mol. The summed E-state index contributed by atoms with van der Waals surface area (Å²) in [7, 11) is 0. The highest BCUT2D eigenvalue weighted by Crippen LogP contribution is 2.22. The van der Waals surface area contributed by atoms with E-state index in [0.717, 1.165) is 52.1 Å². The lowest BCUT2D eigenvalue weighted by atomic mass is 10.1. The number of carbonyl (C=O) groups is 1. The van der Waals surface area contributed by atoms with Crippen LogP contribution in [-0.2, 0) is 17.8 Å². The molecule has 2 aromatic carbocycles. The minimum absolute atomic E-state index is 0.148. The number of anilines is 1. The molecule has 0 atom stereocenters. The fraction of sp³-hybridized carbons (Fsp3) is 0.333. The van der Waals surface area contributed by atoms with Crippen LogP contribution in [-0.4, -0.2) is 42.1 Å². The Bertz CT molecular complexity index is 1020. The third-order valence-electron chi connectivity index (χ3n) is 5.65. The van der Waals surface area contributed by atoms with Crippen LogP contribution in [0.5, 0.6) is 5.75 Å². The number of piperazine rings is 1. The molecule has 7 heteroatoms. The van der Waals surface area contributed by atoms with Gasteiger partial charge in [0.15, 0.2) is 0 Å². The number of ether oxygens (including phenoxy) is 1. The Kier molecular flexibility index (Phi) is 6.47. The Hall–Kier alpha value is -2.99. The number of hydrogen-bond acceptors (Lipinski definition) is 5. The molecule has 1 aliphatic rings. The lowest BCUT2D eigenvalue weighted by Gasteiger charge is -2.36. The van der Waals surface area contributed by atoms with E-state index in [4.69, 9.17) is 20.9 Å². The zero-order valence-electron chi connectivity index (χ0n) is 17.8. The molecule has 1 aliphatic heterocycles. The van der Waals surface area contributed by atoms with Gasteiger partial charge >= 0.3 is 0 Å². The Labute approximate surface area is 187 Å². The van der Waals surface area contributed by atoms with Crippen LogP contribution in [0.4, 0.5) is 5.69 Å². The van der Waals surface area contributed by atoms with Crippen molar-refractivity contribution < 1.29 is 14.1 Å². The number of carbonyl (C=O) groups excluding carboxylic acids is 1. The van der Waals surface area contributed by atoms with Gasteiger partial charge in [-0.05, 0) is 49.7 Å². The van der Waals surface area contributed by atoms with E-state index in [1.165, 1.54) is 0 Å². The molecule has 0 aliphatic carbocycles. The molecule has 2 heterocycles. The molecule has 0 unspecified atom stereocenters. The first kappa shape index (κ1) is 21.2. The van der Waals surface area contributed by atoms with Crippen LogP contribution in [0, 0.1) is 13.8 Å². The summed E-state index contributed by atoms with van der Waals surface area (Å²) in [6.07, 6.45) is 0.390. The molecule has 0 spiro atoms. The maximum Gasteiger partial charge on any atom is 0.227 e. The maximum atomic E-state index is 12.7. The smallest absolute Gasteiger partial charge is 0.227 e. The van der Waals surface area contributed by atoms with Crippen LogP contribution in [0.3, 0.4) is 0 Å². The van der Waals surface area contributed by atoms with Gasteiger partial charge in [0.2, 0.25) is 5.91 Å². The Morgan fingerprint density at radius 1 is 1.10 bits per heavy atom. The fourth-order valence-corrected chi connectivity index (χ4v) is 3.92. The Morgan fingerprint density at radius 2 is 1.84 bits per heavy atom. The van der Waals surface area contributed by atoms with Gasteiger partial charge in [0, 0.05) is 36.9 Å². The second-order valence-corrected chi connectivity index (χ2v) is 8.20. The summed E-state index contributed by atoms with van der Waals surface area (Å²) >= 11 is 6.10. The summed E-state index contributed by atoms with van der Waals surface area (Å²) in [5.41, 5.74) is 3.89. The van der Waals surface area contributed by atoms with Crippen LogP contribution >= 0.6 is 11.6 Å². The summed E-state index contributed by atoms with van der Waals surface area (Å²) in [6, 6.07) is 15.5. The molecule has 1 amide bonds. The van der Waals surface area contributed by atoms with E-state index >= 15 is 0 Å². The number of rotatable bonds is 6. The van der Waals surface area contributed by atoms with Crippen LogP contribution in [0.15, 0.2) is 53.1 Å². The second kappa shape index (κ2) is 9.43. The van der Waals surface area contributed by atoms with Crippen LogP contribution in [0.1, 0.15) is 22.6 Å². The second-order valence-electron chi connectivity index (χ2n) is 7.76. The molecule has 6 nitrogen and oxygen atoms in total. The van der Waals surface area contributed by atoms with Gasteiger partial charge in [-0.25, -0.2) is 0 Å². The van der Waals surface area contributed by atoms with Crippen LogP contribution in [0.25, 0.3) is 0 Å². The van der Waals surface area contributed by atoms with Crippen molar-refractivity contribution >= 4 is 23.2 Å². The molecular weight excluding hydrogens is 414 g/mol. The molecule has 1 fully saturated rings. The predicted octanol–water partition coefficient (Wildman–Crippen LogP) is 4.42. The lowest BCUT2D eigenvalue weighted by Crippen LogP contribution is -2.49. The molecule has 1 aromatic heterocycles. The Balaban J connectivity index is 1.27. The normalized spacial score (nSPS) is 14.0. The zero-order valence-corrected chi connectivity index (χ0v) is 18.6. The van der Waals surface area contributed by atoms with Gasteiger partial charge in [-0.15, -0.1) is 0 Å². The number of hydrogen-bond donors (Lipinski definition) is 0. The number of halogens is 1. The number of amides is 1.